The van der Waals surface area contributed by atoms with Gasteiger partial charge in [-0.2, -0.15) is 0 Å². The van der Waals surface area contributed by atoms with E-state index in [0.717, 1.165) is 10.0 Å². The number of hydrogen-bond acceptors (Lipinski definition) is 4. The van der Waals surface area contributed by atoms with E-state index in [-0.39, 0.29) is 4.99 Å². The van der Waals surface area contributed by atoms with E-state index < -0.39 is 0 Å². The number of rotatable bonds is 4. The third-order valence-corrected chi connectivity index (χ3v) is 2.97. The molecule has 1 aromatic carbocycles. The van der Waals surface area contributed by atoms with Crippen molar-refractivity contribution in [1.29, 1.82) is 0 Å². The van der Waals surface area contributed by atoms with Crippen LogP contribution in [0.3, 0.4) is 0 Å². The van der Waals surface area contributed by atoms with Gasteiger partial charge in [-0.25, -0.2) is 9.97 Å². The summed E-state index contributed by atoms with van der Waals surface area (Å²) in [4.78, 5) is 8.53. The minimum absolute atomic E-state index is 0.236. The minimum Gasteiger partial charge on any atom is -0.388 e. The average molecular weight is 323 g/mol. The van der Waals surface area contributed by atoms with Gasteiger partial charge in [-0.1, -0.05) is 40.3 Å². The number of benzene rings is 1. The van der Waals surface area contributed by atoms with Crippen molar-refractivity contribution in [2.45, 2.75) is 6.54 Å². The van der Waals surface area contributed by atoms with E-state index in [1.165, 1.54) is 0 Å². The Bertz CT molecular complexity index is 574. The SMILES string of the molecule is NC(=S)c1nccnc1NCc1cccc(Br)c1. The Morgan fingerprint density at radius 1 is 1.33 bits per heavy atom. The number of nitrogens with zero attached hydrogens (tertiary/aromatic N) is 2. The van der Waals surface area contributed by atoms with E-state index in [1.54, 1.807) is 12.4 Å². The fraction of sp³-hybridized carbons (Fsp3) is 0.0833. The van der Waals surface area contributed by atoms with Crippen molar-refractivity contribution in [2.75, 3.05) is 5.32 Å². The predicted molar refractivity (Wildman–Crippen MR) is 79.4 cm³/mol. The molecule has 92 valence electrons. The Balaban J connectivity index is 2.13. The zero-order valence-corrected chi connectivity index (χ0v) is 11.8. The molecule has 0 fully saturated rings. The second kappa shape index (κ2) is 5.88. The summed E-state index contributed by atoms with van der Waals surface area (Å²) in [6, 6.07) is 8.01. The summed E-state index contributed by atoms with van der Waals surface area (Å²) < 4.78 is 1.04. The van der Waals surface area contributed by atoms with Crippen LogP contribution in [0.15, 0.2) is 41.1 Å². The molecule has 0 saturated heterocycles. The molecule has 0 aliphatic carbocycles. The highest BCUT2D eigenvalue weighted by atomic mass is 79.9. The first kappa shape index (κ1) is 12.9. The van der Waals surface area contributed by atoms with Crippen LogP contribution < -0.4 is 11.1 Å². The molecule has 18 heavy (non-hydrogen) atoms. The van der Waals surface area contributed by atoms with Gasteiger partial charge in [0.2, 0.25) is 0 Å². The molecule has 2 aromatic rings. The quantitative estimate of drug-likeness (QED) is 0.847. The monoisotopic (exact) mass is 322 g/mol. The number of aromatic nitrogens is 2. The normalized spacial score (nSPS) is 10.1. The number of anilines is 1. The van der Waals surface area contributed by atoms with Gasteiger partial charge in [-0.15, -0.1) is 0 Å². The summed E-state index contributed by atoms with van der Waals surface area (Å²) >= 11 is 8.36. The molecule has 0 unspecified atom stereocenters. The van der Waals surface area contributed by atoms with Gasteiger partial charge in [0.25, 0.3) is 0 Å². The Kier molecular flexibility index (Phi) is 4.22. The molecule has 4 nitrogen and oxygen atoms in total. The van der Waals surface area contributed by atoms with Crippen LogP contribution in [0.2, 0.25) is 0 Å². The van der Waals surface area contributed by atoms with Crippen molar-refractivity contribution in [3.05, 3.63) is 52.4 Å². The number of nitrogens with one attached hydrogen (secondary N) is 1. The lowest BCUT2D eigenvalue weighted by Crippen LogP contribution is -2.16. The maximum atomic E-state index is 5.59. The molecule has 1 aromatic heterocycles. The predicted octanol–water partition coefficient (Wildman–Crippen LogP) is 2.49. The first-order chi connectivity index (χ1) is 8.66. The van der Waals surface area contributed by atoms with E-state index in [1.807, 2.05) is 24.3 Å². The molecular formula is C12H11BrN4S. The molecule has 2 rings (SSSR count). The number of thiocarbonyl (C=S) groups is 1. The lowest BCUT2D eigenvalue weighted by molar-refractivity contribution is 1.08. The highest BCUT2D eigenvalue weighted by molar-refractivity contribution is 9.10. The van der Waals surface area contributed by atoms with Gasteiger partial charge in [-0.05, 0) is 17.7 Å². The van der Waals surface area contributed by atoms with E-state index >= 15 is 0 Å². The lowest BCUT2D eigenvalue weighted by Gasteiger charge is -2.09. The lowest BCUT2D eigenvalue weighted by atomic mass is 10.2. The summed E-state index contributed by atoms with van der Waals surface area (Å²) in [7, 11) is 0. The average Bonchev–Trinajstić information content (AvgIpc) is 2.37. The Hall–Kier alpha value is -1.53. The van der Waals surface area contributed by atoms with Crippen LogP contribution >= 0.6 is 28.1 Å². The van der Waals surface area contributed by atoms with Crippen LogP contribution in [0.4, 0.5) is 5.82 Å². The molecule has 0 saturated carbocycles. The summed E-state index contributed by atoms with van der Waals surface area (Å²) in [5.74, 6) is 0.602. The molecule has 6 heteroatoms. The van der Waals surface area contributed by atoms with E-state index in [2.05, 4.69) is 31.2 Å². The molecular weight excluding hydrogens is 312 g/mol. The van der Waals surface area contributed by atoms with Crippen molar-refractivity contribution in [3.8, 4) is 0 Å². The molecule has 0 amide bonds. The van der Waals surface area contributed by atoms with Gasteiger partial charge in [0.15, 0.2) is 5.82 Å². The summed E-state index contributed by atoms with van der Waals surface area (Å²) in [5.41, 5.74) is 7.23. The number of hydrogen-bond donors (Lipinski definition) is 2. The van der Waals surface area contributed by atoms with Crippen LogP contribution in [0.1, 0.15) is 11.3 Å². The molecule has 0 atom stereocenters. The van der Waals surface area contributed by atoms with Crippen molar-refractivity contribution >= 4 is 39.0 Å². The van der Waals surface area contributed by atoms with Crippen molar-refractivity contribution in [1.82, 2.24) is 9.97 Å². The van der Waals surface area contributed by atoms with Gasteiger partial charge in [-0.3, -0.25) is 0 Å². The first-order valence-corrected chi connectivity index (χ1v) is 6.46. The van der Waals surface area contributed by atoms with Crippen LogP contribution in [0, 0.1) is 0 Å². The second-order valence-corrected chi connectivity index (χ2v) is 4.96. The van der Waals surface area contributed by atoms with Gasteiger partial charge >= 0.3 is 0 Å². The van der Waals surface area contributed by atoms with Gasteiger partial charge < -0.3 is 11.1 Å². The topological polar surface area (TPSA) is 63.8 Å². The van der Waals surface area contributed by atoms with Crippen LogP contribution in [-0.2, 0) is 6.54 Å². The van der Waals surface area contributed by atoms with Crippen LogP contribution in [-0.4, -0.2) is 15.0 Å². The molecule has 0 radical (unpaired) electrons. The molecule has 0 bridgehead atoms. The first-order valence-electron chi connectivity index (χ1n) is 5.26. The van der Waals surface area contributed by atoms with Crippen molar-refractivity contribution in [2.24, 2.45) is 5.73 Å². The fourth-order valence-corrected chi connectivity index (χ4v) is 2.08. The third-order valence-electron chi connectivity index (χ3n) is 2.28. The van der Waals surface area contributed by atoms with Gasteiger partial charge in [0.05, 0.1) is 0 Å². The Morgan fingerprint density at radius 2 is 2.11 bits per heavy atom. The maximum Gasteiger partial charge on any atom is 0.155 e. The Labute approximate surface area is 119 Å². The minimum atomic E-state index is 0.236. The standard InChI is InChI=1S/C12H11BrN4S/c13-9-3-1-2-8(6-9)7-17-12-10(11(14)18)15-4-5-16-12/h1-6H,7H2,(H2,14,18)(H,16,17). The van der Waals surface area contributed by atoms with E-state index in [4.69, 9.17) is 18.0 Å². The zero-order chi connectivity index (χ0) is 13.0. The fourth-order valence-electron chi connectivity index (χ4n) is 1.48. The molecule has 0 spiro atoms. The highest BCUT2D eigenvalue weighted by Gasteiger charge is 2.07. The summed E-state index contributed by atoms with van der Waals surface area (Å²) in [6.45, 7) is 0.633. The van der Waals surface area contributed by atoms with Crippen molar-refractivity contribution in [3.63, 3.8) is 0 Å². The number of halogens is 1. The van der Waals surface area contributed by atoms with Crippen LogP contribution in [0.25, 0.3) is 0 Å². The molecule has 3 N–H and O–H groups in total. The largest absolute Gasteiger partial charge is 0.388 e. The van der Waals surface area contributed by atoms with Gasteiger partial charge in [0.1, 0.15) is 10.7 Å². The van der Waals surface area contributed by atoms with Gasteiger partial charge in [0, 0.05) is 23.4 Å². The van der Waals surface area contributed by atoms with Crippen molar-refractivity contribution < 1.29 is 0 Å². The summed E-state index contributed by atoms with van der Waals surface area (Å²) in [5, 5.41) is 3.18. The van der Waals surface area contributed by atoms with Crippen LogP contribution in [0.5, 0.6) is 0 Å². The number of nitrogens with two attached hydrogens (primary N) is 1. The Morgan fingerprint density at radius 3 is 2.83 bits per heavy atom. The highest BCUT2D eigenvalue weighted by Crippen LogP contribution is 2.14. The van der Waals surface area contributed by atoms with E-state index in [9.17, 15) is 0 Å². The molecule has 0 aliphatic rings. The smallest absolute Gasteiger partial charge is 0.155 e. The third kappa shape index (κ3) is 3.24. The summed E-state index contributed by atoms with van der Waals surface area (Å²) in [6.07, 6.45) is 3.17. The second-order valence-electron chi connectivity index (χ2n) is 3.60. The molecule has 1 heterocycles. The van der Waals surface area contributed by atoms with E-state index in [0.29, 0.717) is 18.1 Å². The molecule has 0 aliphatic heterocycles. The maximum absolute atomic E-state index is 5.59. The zero-order valence-electron chi connectivity index (χ0n) is 9.43.